The van der Waals surface area contributed by atoms with Gasteiger partial charge in [0.05, 0.1) is 15.7 Å². The number of hydrogen-bond donors (Lipinski definition) is 1. The van der Waals surface area contributed by atoms with Crippen molar-refractivity contribution in [3.63, 3.8) is 0 Å². The Hall–Kier alpha value is -0.440. The van der Waals surface area contributed by atoms with Gasteiger partial charge in [0.25, 0.3) is 0 Å². The standard InChI is InChI=1S/C11H14Cl2N2/c1-8-7-14-5-6-15(8)10-4-2-3-9(12)11(10)13/h2-4,8,14H,5-7H2,1H3/t8-/m0/s1. The summed E-state index contributed by atoms with van der Waals surface area (Å²) in [5.41, 5.74) is 1.04. The summed E-state index contributed by atoms with van der Waals surface area (Å²) in [4.78, 5) is 2.30. The Balaban J connectivity index is 2.31. The van der Waals surface area contributed by atoms with Gasteiger partial charge in [0.15, 0.2) is 0 Å². The van der Waals surface area contributed by atoms with Crippen LogP contribution in [0.1, 0.15) is 6.92 Å². The Bertz CT molecular complexity index is 354. The molecule has 0 amide bonds. The number of piperazine rings is 1. The van der Waals surface area contributed by atoms with Crippen LogP contribution in [0, 0.1) is 0 Å². The summed E-state index contributed by atoms with van der Waals surface area (Å²) in [7, 11) is 0. The summed E-state index contributed by atoms with van der Waals surface area (Å²) in [6, 6.07) is 6.24. The third-order valence-electron chi connectivity index (χ3n) is 2.74. The SMILES string of the molecule is C[C@H]1CNCCN1c1cccc(Cl)c1Cl. The summed E-state index contributed by atoms with van der Waals surface area (Å²) in [6.07, 6.45) is 0. The number of anilines is 1. The van der Waals surface area contributed by atoms with Crippen molar-refractivity contribution >= 4 is 28.9 Å². The molecular formula is C11H14Cl2N2. The van der Waals surface area contributed by atoms with Gasteiger partial charge < -0.3 is 10.2 Å². The maximum absolute atomic E-state index is 6.20. The normalized spacial score (nSPS) is 21.8. The van der Waals surface area contributed by atoms with Gasteiger partial charge in [0, 0.05) is 25.7 Å². The van der Waals surface area contributed by atoms with Crippen molar-refractivity contribution < 1.29 is 0 Å². The zero-order chi connectivity index (χ0) is 10.8. The molecule has 82 valence electrons. The van der Waals surface area contributed by atoms with Gasteiger partial charge in [-0.1, -0.05) is 29.3 Å². The molecule has 0 spiro atoms. The Morgan fingerprint density at radius 1 is 1.40 bits per heavy atom. The van der Waals surface area contributed by atoms with Gasteiger partial charge in [-0.25, -0.2) is 0 Å². The first-order valence-electron chi connectivity index (χ1n) is 5.11. The fourth-order valence-corrected chi connectivity index (χ4v) is 2.32. The van der Waals surface area contributed by atoms with Gasteiger partial charge in [0.2, 0.25) is 0 Å². The first-order valence-corrected chi connectivity index (χ1v) is 5.87. The lowest BCUT2D eigenvalue weighted by atomic mass is 10.2. The van der Waals surface area contributed by atoms with Crippen molar-refractivity contribution in [2.75, 3.05) is 24.5 Å². The van der Waals surface area contributed by atoms with Crippen LogP contribution >= 0.6 is 23.2 Å². The lowest BCUT2D eigenvalue weighted by Gasteiger charge is -2.36. The number of nitrogens with zero attached hydrogens (tertiary/aromatic N) is 1. The van der Waals surface area contributed by atoms with Crippen molar-refractivity contribution in [3.05, 3.63) is 28.2 Å². The van der Waals surface area contributed by atoms with Crippen LogP contribution in [-0.2, 0) is 0 Å². The predicted molar refractivity (Wildman–Crippen MR) is 66.1 cm³/mol. The molecule has 1 N–H and O–H groups in total. The summed E-state index contributed by atoms with van der Waals surface area (Å²) in [5.74, 6) is 0. The highest BCUT2D eigenvalue weighted by Gasteiger charge is 2.20. The van der Waals surface area contributed by atoms with E-state index in [1.54, 1.807) is 0 Å². The molecule has 0 unspecified atom stereocenters. The van der Waals surface area contributed by atoms with E-state index in [0.29, 0.717) is 16.1 Å². The molecule has 2 rings (SSSR count). The van der Waals surface area contributed by atoms with Crippen LogP contribution in [0.2, 0.25) is 10.0 Å². The zero-order valence-electron chi connectivity index (χ0n) is 8.63. The van der Waals surface area contributed by atoms with Gasteiger partial charge in [-0.15, -0.1) is 0 Å². The molecule has 1 heterocycles. The van der Waals surface area contributed by atoms with Gasteiger partial charge in [-0.3, -0.25) is 0 Å². The average Bonchev–Trinajstić information content (AvgIpc) is 2.23. The minimum Gasteiger partial charge on any atom is -0.365 e. The maximum atomic E-state index is 6.20. The molecule has 15 heavy (non-hydrogen) atoms. The maximum Gasteiger partial charge on any atom is 0.0825 e. The van der Waals surface area contributed by atoms with Crippen LogP contribution in [0.5, 0.6) is 0 Å². The third-order valence-corrected chi connectivity index (χ3v) is 3.55. The highest BCUT2D eigenvalue weighted by atomic mass is 35.5. The summed E-state index contributed by atoms with van der Waals surface area (Å²) in [5, 5.41) is 4.64. The average molecular weight is 245 g/mol. The van der Waals surface area contributed by atoms with E-state index in [4.69, 9.17) is 23.2 Å². The number of hydrogen-bond acceptors (Lipinski definition) is 2. The molecule has 0 aromatic heterocycles. The van der Waals surface area contributed by atoms with Gasteiger partial charge in [-0.2, -0.15) is 0 Å². The number of rotatable bonds is 1. The molecule has 4 heteroatoms. The van der Waals surface area contributed by atoms with Crippen LogP contribution in [0.25, 0.3) is 0 Å². The smallest absolute Gasteiger partial charge is 0.0825 e. The Morgan fingerprint density at radius 2 is 2.20 bits per heavy atom. The van der Waals surface area contributed by atoms with E-state index in [-0.39, 0.29) is 0 Å². The predicted octanol–water partition coefficient (Wildman–Crippen LogP) is 2.79. The van der Waals surface area contributed by atoms with Gasteiger partial charge >= 0.3 is 0 Å². The fraction of sp³-hybridized carbons (Fsp3) is 0.455. The molecule has 1 aliphatic rings. The molecule has 0 aliphatic carbocycles. The second-order valence-electron chi connectivity index (χ2n) is 3.82. The second-order valence-corrected chi connectivity index (χ2v) is 4.60. The van der Waals surface area contributed by atoms with Crippen LogP contribution in [0.3, 0.4) is 0 Å². The number of halogens is 2. The zero-order valence-corrected chi connectivity index (χ0v) is 10.1. The highest BCUT2D eigenvalue weighted by Crippen LogP contribution is 2.33. The van der Waals surface area contributed by atoms with Crippen LogP contribution in [-0.4, -0.2) is 25.7 Å². The largest absolute Gasteiger partial charge is 0.365 e. The molecule has 2 nitrogen and oxygen atoms in total. The third kappa shape index (κ3) is 2.22. The monoisotopic (exact) mass is 244 g/mol. The van der Waals surface area contributed by atoms with Gasteiger partial charge in [-0.05, 0) is 19.1 Å². The Kier molecular flexibility index (Phi) is 3.39. The van der Waals surface area contributed by atoms with Crippen molar-refractivity contribution in [1.82, 2.24) is 5.32 Å². The minimum atomic E-state index is 0.453. The molecule has 0 radical (unpaired) electrons. The molecule has 1 aliphatic heterocycles. The summed E-state index contributed by atoms with van der Waals surface area (Å²) < 4.78 is 0. The van der Waals surface area contributed by atoms with E-state index >= 15 is 0 Å². The molecule has 1 saturated heterocycles. The van der Waals surface area contributed by atoms with E-state index in [9.17, 15) is 0 Å². The van der Waals surface area contributed by atoms with Crippen molar-refractivity contribution in [2.24, 2.45) is 0 Å². The highest BCUT2D eigenvalue weighted by molar-refractivity contribution is 6.43. The van der Waals surface area contributed by atoms with Gasteiger partial charge in [0.1, 0.15) is 0 Å². The van der Waals surface area contributed by atoms with E-state index in [1.165, 1.54) is 0 Å². The van der Waals surface area contributed by atoms with Crippen molar-refractivity contribution in [3.8, 4) is 0 Å². The van der Waals surface area contributed by atoms with E-state index in [1.807, 2.05) is 18.2 Å². The lowest BCUT2D eigenvalue weighted by Crippen LogP contribution is -2.50. The molecular weight excluding hydrogens is 231 g/mol. The molecule has 1 aromatic carbocycles. The van der Waals surface area contributed by atoms with E-state index in [2.05, 4.69) is 17.1 Å². The quantitative estimate of drug-likeness (QED) is 0.818. The van der Waals surface area contributed by atoms with E-state index < -0.39 is 0 Å². The van der Waals surface area contributed by atoms with Crippen molar-refractivity contribution in [1.29, 1.82) is 0 Å². The van der Waals surface area contributed by atoms with Crippen molar-refractivity contribution in [2.45, 2.75) is 13.0 Å². The summed E-state index contributed by atoms with van der Waals surface area (Å²) >= 11 is 12.2. The van der Waals surface area contributed by atoms with E-state index in [0.717, 1.165) is 25.3 Å². The molecule has 1 aromatic rings. The number of benzene rings is 1. The molecule has 0 saturated carbocycles. The Labute approximate surface area is 100 Å². The topological polar surface area (TPSA) is 15.3 Å². The molecule has 0 bridgehead atoms. The van der Waals surface area contributed by atoms with Crippen LogP contribution < -0.4 is 10.2 Å². The number of nitrogens with one attached hydrogen (secondary N) is 1. The van der Waals surface area contributed by atoms with Crippen LogP contribution in [0.4, 0.5) is 5.69 Å². The molecule has 1 fully saturated rings. The Morgan fingerprint density at radius 3 is 2.93 bits per heavy atom. The first-order chi connectivity index (χ1) is 7.20. The first kappa shape index (κ1) is 11.1. The molecule has 1 atom stereocenters. The lowest BCUT2D eigenvalue weighted by molar-refractivity contribution is 0.501. The minimum absolute atomic E-state index is 0.453. The fourth-order valence-electron chi connectivity index (χ4n) is 1.91. The summed E-state index contributed by atoms with van der Waals surface area (Å²) in [6.45, 7) is 5.14. The van der Waals surface area contributed by atoms with Crippen LogP contribution in [0.15, 0.2) is 18.2 Å². The second kappa shape index (κ2) is 4.60.